The lowest BCUT2D eigenvalue weighted by Gasteiger charge is -2.27. The molecule has 1 heterocycles. The van der Waals surface area contributed by atoms with Crippen LogP contribution in [-0.4, -0.2) is 19.9 Å². The third kappa shape index (κ3) is 3.11. The maximum Gasteiger partial charge on any atom is 0.260 e. The molecule has 1 aliphatic carbocycles. The van der Waals surface area contributed by atoms with Crippen molar-refractivity contribution in [3.8, 4) is 0 Å². The molecule has 0 atom stereocenters. The lowest BCUT2D eigenvalue weighted by Crippen LogP contribution is -2.36. The minimum Gasteiger partial charge on any atom is -0.321 e. The zero-order valence-electron chi connectivity index (χ0n) is 11.7. The topological polar surface area (TPSA) is 97.1 Å². The number of sulfonamides is 1. The van der Waals surface area contributed by atoms with Crippen molar-refractivity contribution in [2.45, 2.75) is 44.1 Å². The largest absolute Gasteiger partial charge is 0.321 e. The van der Waals surface area contributed by atoms with E-state index in [9.17, 15) is 8.42 Å². The Kier molecular flexibility index (Phi) is 4.62. The van der Waals surface area contributed by atoms with Gasteiger partial charge in [0.15, 0.2) is 5.03 Å². The molecule has 7 heteroatoms. The van der Waals surface area contributed by atoms with Gasteiger partial charge in [-0.25, -0.2) is 18.1 Å². The van der Waals surface area contributed by atoms with Crippen molar-refractivity contribution in [1.82, 2.24) is 9.71 Å². The normalized spacial score (nSPS) is 18.1. The molecule has 0 bridgehead atoms. The molecule has 0 unspecified atom stereocenters. The number of hydrazine groups is 1. The quantitative estimate of drug-likeness (QED) is 0.547. The van der Waals surface area contributed by atoms with Gasteiger partial charge < -0.3 is 5.43 Å². The van der Waals surface area contributed by atoms with Crippen LogP contribution < -0.4 is 16.0 Å². The smallest absolute Gasteiger partial charge is 0.260 e. The molecule has 0 aliphatic heterocycles. The van der Waals surface area contributed by atoms with Gasteiger partial charge in [-0.1, -0.05) is 19.8 Å². The van der Waals surface area contributed by atoms with Crippen LogP contribution in [0.5, 0.6) is 0 Å². The van der Waals surface area contributed by atoms with Crippen LogP contribution in [0.25, 0.3) is 0 Å². The summed E-state index contributed by atoms with van der Waals surface area (Å²) in [7, 11) is -3.64. The molecule has 0 saturated heterocycles. The molecule has 4 N–H and O–H groups in total. The van der Waals surface area contributed by atoms with Crippen molar-refractivity contribution in [2.24, 2.45) is 11.3 Å². The van der Waals surface area contributed by atoms with Crippen molar-refractivity contribution in [3.63, 3.8) is 0 Å². The number of anilines is 1. The summed E-state index contributed by atoms with van der Waals surface area (Å²) >= 11 is 0. The van der Waals surface area contributed by atoms with Crippen molar-refractivity contribution in [3.05, 3.63) is 18.3 Å². The lowest BCUT2D eigenvalue weighted by atomic mass is 9.84. The standard InChI is InChI=1S/C13H22N4O2S/c1-2-13(7-3-4-8-13)10-16-20(18,19)12-11(17-14)6-5-9-15-12/h5-6,9,16-17H,2-4,7-8,10,14H2,1H3. The molecule has 0 spiro atoms. The second kappa shape index (κ2) is 6.07. The Labute approximate surface area is 120 Å². The number of hydrogen-bond donors (Lipinski definition) is 3. The van der Waals surface area contributed by atoms with Crippen LogP contribution in [0.15, 0.2) is 23.4 Å². The molecule has 0 amide bonds. The molecule has 1 saturated carbocycles. The number of hydrogen-bond acceptors (Lipinski definition) is 5. The molecular weight excluding hydrogens is 276 g/mol. The first-order chi connectivity index (χ1) is 9.53. The Morgan fingerprint density at radius 3 is 2.70 bits per heavy atom. The van der Waals surface area contributed by atoms with Crippen LogP contribution in [0, 0.1) is 5.41 Å². The highest BCUT2D eigenvalue weighted by Crippen LogP contribution is 2.40. The maximum absolute atomic E-state index is 12.4. The van der Waals surface area contributed by atoms with Gasteiger partial charge in [0.1, 0.15) is 0 Å². The van der Waals surface area contributed by atoms with E-state index in [0.717, 1.165) is 19.3 Å². The molecule has 2 rings (SSSR count). The highest BCUT2D eigenvalue weighted by atomic mass is 32.2. The van der Waals surface area contributed by atoms with E-state index in [-0.39, 0.29) is 10.4 Å². The van der Waals surface area contributed by atoms with Gasteiger partial charge in [-0.05, 0) is 36.8 Å². The van der Waals surface area contributed by atoms with Crippen molar-refractivity contribution >= 4 is 15.7 Å². The van der Waals surface area contributed by atoms with Crippen LogP contribution >= 0.6 is 0 Å². The number of pyridine rings is 1. The van der Waals surface area contributed by atoms with Crippen LogP contribution in [-0.2, 0) is 10.0 Å². The van der Waals surface area contributed by atoms with E-state index < -0.39 is 10.0 Å². The molecule has 1 fully saturated rings. The van der Waals surface area contributed by atoms with Gasteiger partial charge in [-0.3, -0.25) is 5.84 Å². The molecule has 0 aromatic carbocycles. The van der Waals surface area contributed by atoms with Gasteiger partial charge in [0, 0.05) is 12.7 Å². The molecular formula is C13H22N4O2S. The number of rotatable bonds is 6. The van der Waals surface area contributed by atoms with E-state index in [2.05, 4.69) is 22.1 Å². The predicted octanol–water partition coefficient (Wildman–Crippen LogP) is 1.62. The first kappa shape index (κ1) is 15.2. The molecule has 1 aliphatic rings. The highest BCUT2D eigenvalue weighted by molar-refractivity contribution is 7.89. The van der Waals surface area contributed by atoms with Crippen LogP contribution in [0.1, 0.15) is 39.0 Å². The molecule has 20 heavy (non-hydrogen) atoms. The summed E-state index contributed by atoms with van der Waals surface area (Å²) in [5.41, 5.74) is 2.77. The number of aromatic nitrogens is 1. The summed E-state index contributed by atoms with van der Waals surface area (Å²) in [6.07, 6.45) is 6.94. The molecule has 112 valence electrons. The average molecular weight is 298 g/mol. The van der Waals surface area contributed by atoms with E-state index in [1.807, 2.05) is 0 Å². The minimum absolute atomic E-state index is 0.0493. The molecule has 1 aromatic rings. The summed E-state index contributed by atoms with van der Waals surface area (Å²) in [4.78, 5) is 3.92. The maximum atomic E-state index is 12.4. The summed E-state index contributed by atoms with van der Waals surface area (Å²) in [6.45, 7) is 2.58. The van der Waals surface area contributed by atoms with Crippen molar-refractivity contribution in [1.29, 1.82) is 0 Å². The van der Waals surface area contributed by atoms with Gasteiger partial charge in [0.25, 0.3) is 10.0 Å². The van der Waals surface area contributed by atoms with Gasteiger partial charge in [0.05, 0.1) is 5.69 Å². The zero-order chi connectivity index (χ0) is 14.6. The number of nitrogen functional groups attached to an aromatic ring is 1. The lowest BCUT2D eigenvalue weighted by molar-refractivity contribution is 0.285. The van der Waals surface area contributed by atoms with E-state index in [1.54, 1.807) is 12.1 Å². The van der Waals surface area contributed by atoms with Crippen molar-refractivity contribution < 1.29 is 8.42 Å². The second-order valence-corrected chi connectivity index (χ2v) is 7.07. The monoisotopic (exact) mass is 298 g/mol. The highest BCUT2D eigenvalue weighted by Gasteiger charge is 2.33. The Balaban J connectivity index is 2.15. The summed E-state index contributed by atoms with van der Waals surface area (Å²) in [6, 6.07) is 3.23. The average Bonchev–Trinajstić information content (AvgIpc) is 2.95. The van der Waals surface area contributed by atoms with Gasteiger partial charge in [0.2, 0.25) is 0 Å². The predicted molar refractivity (Wildman–Crippen MR) is 78.4 cm³/mol. The van der Waals surface area contributed by atoms with Crippen molar-refractivity contribution in [2.75, 3.05) is 12.0 Å². The van der Waals surface area contributed by atoms with E-state index >= 15 is 0 Å². The van der Waals surface area contributed by atoms with E-state index in [0.29, 0.717) is 12.2 Å². The minimum atomic E-state index is -3.64. The fourth-order valence-corrected chi connectivity index (χ4v) is 4.06. The Bertz CT molecular complexity index is 553. The van der Waals surface area contributed by atoms with Crippen LogP contribution in [0.3, 0.4) is 0 Å². The van der Waals surface area contributed by atoms with Crippen LogP contribution in [0.2, 0.25) is 0 Å². The molecule has 0 radical (unpaired) electrons. The summed E-state index contributed by atoms with van der Waals surface area (Å²) in [5.74, 6) is 5.34. The zero-order valence-corrected chi connectivity index (χ0v) is 12.5. The molecule has 6 nitrogen and oxygen atoms in total. The second-order valence-electron chi connectivity index (χ2n) is 5.39. The Morgan fingerprint density at radius 1 is 1.40 bits per heavy atom. The van der Waals surface area contributed by atoms with Gasteiger partial charge in [-0.2, -0.15) is 0 Å². The number of nitrogens with zero attached hydrogens (tertiary/aromatic N) is 1. The Hall–Kier alpha value is -1.18. The Morgan fingerprint density at radius 2 is 2.10 bits per heavy atom. The number of nitrogens with two attached hydrogens (primary N) is 1. The first-order valence-corrected chi connectivity index (χ1v) is 8.43. The first-order valence-electron chi connectivity index (χ1n) is 6.94. The fraction of sp³-hybridized carbons (Fsp3) is 0.615. The van der Waals surface area contributed by atoms with E-state index in [1.165, 1.54) is 19.0 Å². The van der Waals surface area contributed by atoms with E-state index in [4.69, 9.17) is 5.84 Å². The number of nitrogens with one attached hydrogen (secondary N) is 2. The van der Waals surface area contributed by atoms with Gasteiger partial charge in [-0.15, -0.1) is 0 Å². The van der Waals surface area contributed by atoms with Gasteiger partial charge >= 0.3 is 0 Å². The summed E-state index contributed by atoms with van der Waals surface area (Å²) < 4.78 is 27.4. The molecule has 1 aromatic heterocycles. The summed E-state index contributed by atoms with van der Waals surface area (Å²) in [5, 5.41) is -0.0493. The van der Waals surface area contributed by atoms with Crippen LogP contribution in [0.4, 0.5) is 5.69 Å². The third-order valence-electron chi connectivity index (χ3n) is 4.23. The fourth-order valence-electron chi connectivity index (χ4n) is 2.81. The SMILES string of the molecule is CCC1(CNS(=O)(=O)c2ncccc2NN)CCCC1. The third-order valence-corrected chi connectivity index (χ3v) is 5.59.